The first-order valence-corrected chi connectivity index (χ1v) is 19.0. The van der Waals surface area contributed by atoms with Crippen LogP contribution in [0.3, 0.4) is 0 Å². The van der Waals surface area contributed by atoms with Crippen LogP contribution < -0.4 is 0 Å². The van der Waals surface area contributed by atoms with Crippen molar-refractivity contribution >= 4 is 35.8 Å². The molecule has 4 atom stereocenters. The minimum Gasteiger partial charge on any atom is -0.394 e. The van der Waals surface area contributed by atoms with Crippen LogP contribution in [-0.4, -0.2) is 102 Å². The van der Waals surface area contributed by atoms with Crippen LogP contribution in [0, 0.1) is 0 Å². The summed E-state index contributed by atoms with van der Waals surface area (Å²) >= 11 is 0. The molecule has 0 aromatic carbocycles. The summed E-state index contributed by atoms with van der Waals surface area (Å²) in [5, 5.41) is 54.9. The Balaban J connectivity index is 0.000000214. The van der Waals surface area contributed by atoms with Gasteiger partial charge in [0.15, 0.2) is 0 Å². The highest BCUT2D eigenvalue weighted by atomic mass is 35.5. The quantitative estimate of drug-likeness (QED) is 0.120. The molecule has 17 nitrogen and oxygen atoms in total. The third kappa shape index (κ3) is 9.45. The Labute approximate surface area is 347 Å². The molecule has 8 aromatic heterocycles. The molecule has 0 saturated carbocycles. The molecule has 3 N–H and O–H groups in total. The maximum absolute atomic E-state index is 9.87. The molecular weight excluding hydrogens is 783 g/mol. The van der Waals surface area contributed by atoms with Crippen LogP contribution in [0.2, 0.25) is 0 Å². The normalized spacial score (nSPS) is 13.4. The van der Waals surface area contributed by atoms with E-state index < -0.39 is 12.2 Å². The maximum Gasteiger partial charge on any atom is 0.0999 e. The zero-order chi connectivity index (χ0) is 39.3. The van der Waals surface area contributed by atoms with Gasteiger partial charge in [0.05, 0.1) is 115 Å². The van der Waals surface area contributed by atoms with Crippen molar-refractivity contribution in [2.45, 2.75) is 91.3 Å². The van der Waals surface area contributed by atoms with Gasteiger partial charge < -0.3 is 15.3 Å². The number of hydrogen-bond acceptors (Lipinski definition) is 11. The number of rotatable bonds is 14. The van der Waals surface area contributed by atoms with Crippen molar-refractivity contribution in [2.24, 2.45) is 0 Å². The molecule has 8 aromatic rings. The van der Waals surface area contributed by atoms with Gasteiger partial charge >= 0.3 is 0 Å². The third-order valence-corrected chi connectivity index (χ3v) is 9.95. The Morgan fingerprint density at radius 2 is 0.966 bits per heavy atom. The van der Waals surface area contributed by atoms with E-state index in [9.17, 15) is 10.2 Å². The van der Waals surface area contributed by atoms with Gasteiger partial charge in [-0.15, -0.1) is 24.8 Å². The summed E-state index contributed by atoms with van der Waals surface area (Å²) in [4.78, 5) is 9.74. The zero-order valence-electron chi connectivity index (χ0n) is 33.1. The van der Waals surface area contributed by atoms with E-state index in [2.05, 4.69) is 58.3 Å². The van der Waals surface area contributed by atoms with Gasteiger partial charge in [0, 0.05) is 59.1 Å². The lowest BCUT2D eigenvalue weighted by Crippen LogP contribution is -2.19. The standard InChI is InChI=1S/C20H25N7O.C19H23N7O2.2ClH/c1-4-14(3)26-11-16(9-23-26)20-19-6-7-21-27(19)13-18(24-20)15-8-22-25(10-15)12-17(28)5-2;1-3-13(2)25-9-15(7-22-25)19-18-4-5-20-26(18)11-17(23-19)14-6-21-24(8-14)10-16(28)12-27;;/h6-11,13-14,17,28H,4-5,12H2,1-3H3;4-9,11,13,16,27-28H,3,10,12H2,1-2H3;2*1H/t14-,17-;13-,16-;;/m01../s1. The molecule has 308 valence electrons. The first kappa shape index (κ1) is 43.7. The molecular formula is C39H50Cl2N14O3. The summed E-state index contributed by atoms with van der Waals surface area (Å²) in [5.74, 6) is 0. The molecule has 19 heteroatoms. The van der Waals surface area contributed by atoms with Crippen LogP contribution in [0.5, 0.6) is 0 Å². The number of fused-ring (bicyclic) bond motifs is 2. The predicted molar refractivity (Wildman–Crippen MR) is 225 cm³/mol. The highest BCUT2D eigenvalue weighted by Crippen LogP contribution is 2.29. The number of nitrogens with zero attached hydrogens (tertiary/aromatic N) is 14. The molecule has 0 saturated heterocycles. The molecule has 0 bridgehead atoms. The number of aliphatic hydroxyl groups excluding tert-OH is 3. The number of hydrogen-bond donors (Lipinski definition) is 3. The van der Waals surface area contributed by atoms with E-state index in [0.29, 0.717) is 30.7 Å². The average Bonchev–Trinajstić information content (AvgIpc) is 4.07. The van der Waals surface area contributed by atoms with Gasteiger partial charge in [-0.05, 0) is 45.2 Å². The van der Waals surface area contributed by atoms with Crippen LogP contribution >= 0.6 is 24.8 Å². The van der Waals surface area contributed by atoms with Gasteiger partial charge in [-0.1, -0.05) is 20.8 Å². The van der Waals surface area contributed by atoms with Crippen molar-refractivity contribution in [3.63, 3.8) is 0 Å². The molecule has 0 radical (unpaired) electrons. The number of aromatic nitrogens is 14. The summed E-state index contributed by atoms with van der Waals surface area (Å²) < 4.78 is 10.9. The number of aliphatic hydroxyl groups is 3. The predicted octanol–water partition coefficient (Wildman–Crippen LogP) is 5.82. The Bertz CT molecular complexity index is 2340. The fourth-order valence-electron chi connectivity index (χ4n) is 6.14. The van der Waals surface area contributed by atoms with E-state index in [1.54, 1.807) is 44.9 Å². The van der Waals surface area contributed by atoms with Gasteiger partial charge in [-0.3, -0.25) is 18.7 Å². The molecule has 0 amide bonds. The molecule has 8 heterocycles. The van der Waals surface area contributed by atoms with Crippen molar-refractivity contribution in [2.75, 3.05) is 6.61 Å². The van der Waals surface area contributed by atoms with E-state index in [-0.39, 0.29) is 38.0 Å². The second-order valence-electron chi connectivity index (χ2n) is 14.0. The Morgan fingerprint density at radius 1 is 0.534 bits per heavy atom. The SMILES string of the molecule is CC[C@@H](C)n1cc(-c2nc(-c3cnn(C[C@@H](O)CO)c3)cn3nccc23)cn1.CC[C@H](O)Cn1cc(-c2cn3nccc3c(-c3cnn([C@@H](C)CC)c3)n2)cn1.Cl.Cl. The highest BCUT2D eigenvalue weighted by molar-refractivity contribution is 5.85. The topological polar surface area (TPSA) is 192 Å². The smallest absolute Gasteiger partial charge is 0.0999 e. The molecule has 0 aliphatic rings. The lowest BCUT2D eigenvalue weighted by molar-refractivity contribution is 0.0783. The Kier molecular flexibility index (Phi) is 14.5. The van der Waals surface area contributed by atoms with E-state index in [4.69, 9.17) is 15.1 Å². The van der Waals surface area contributed by atoms with Gasteiger partial charge in [0.2, 0.25) is 0 Å². The molecule has 0 unspecified atom stereocenters. The van der Waals surface area contributed by atoms with E-state index in [0.717, 1.165) is 63.2 Å². The molecule has 0 spiro atoms. The average molecular weight is 834 g/mol. The highest BCUT2D eigenvalue weighted by Gasteiger charge is 2.17. The van der Waals surface area contributed by atoms with Crippen molar-refractivity contribution < 1.29 is 15.3 Å². The zero-order valence-corrected chi connectivity index (χ0v) is 34.7. The lowest BCUT2D eigenvalue weighted by atomic mass is 10.2. The van der Waals surface area contributed by atoms with Gasteiger partial charge in [0.25, 0.3) is 0 Å². The fourth-order valence-corrected chi connectivity index (χ4v) is 6.14. The number of halogens is 2. The molecule has 0 fully saturated rings. The minimum atomic E-state index is -0.851. The van der Waals surface area contributed by atoms with Crippen LogP contribution in [-0.2, 0) is 13.1 Å². The second-order valence-corrected chi connectivity index (χ2v) is 14.0. The van der Waals surface area contributed by atoms with Crippen molar-refractivity contribution in [1.82, 2.24) is 68.3 Å². The van der Waals surface area contributed by atoms with E-state index in [1.165, 1.54) is 0 Å². The first-order valence-electron chi connectivity index (χ1n) is 19.0. The summed E-state index contributed by atoms with van der Waals surface area (Å²) in [6, 6.07) is 4.52. The molecule has 0 aliphatic heterocycles. The van der Waals surface area contributed by atoms with Gasteiger partial charge in [-0.2, -0.15) is 30.6 Å². The van der Waals surface area contributed by atoms with Crippen molar-refractivity contribution in [3.05, 3.63) is 86.5 Å². The molecule has 0 aliphatic carbocycles. The third-order valence-electron chi connectivity index (χ3n) is 9.95. The second kappa shape index (κ2) is 19.3. The van der Waals surface area contributed by atoms with Gasteiger partial charge in [0.1, 0.15) is 0 Å². The molecule has 58 heavy (non-hydrogen) atoms. The van der Waals surface area contributed by atoms with E-state index in [1.807, 2.05) is 76.3 Å². The fraction of sp³-hybridized carbons (Fsp3) is 0.385. The lowest BCUT2D eigenvalue weighted by Gasteiger charge is -2.08. The summed E-state index contributed by atoms with van der Waals surface area (Å²) in [6.07, 6.45) is 23.6. The largest absolute Gasteiger partial charge is 0.394 e. The monoisotopic (exact) mass is 832 g/mol. The summed E-state index contributed by atoms with van der Waals surface area (Å²) in [7, 11) is 0. The minimum absolute atomic E-state index is 0. The molecule has 8 rings (SSSR count). The van der Waals surface area contributed by atoms with Crippen LogP contribution in [0.15, 0.2) is 86.5 Å². The maximum atomic E-state index is 9.87. The first-order chi connectivity index (χ1) is 27.2. The van der Waals surface area contributed by atoms with Crippen molar-refractivity contribution in [1.29, 1.82) is 0 Å². The Hall–Kier alpha value is -5.46. The van der Waals surface area contributed by atoms with Crippen LogP contribution in [0.4, 0.5) is 0 Å². The summed E-state index contributed by atoms with van der Waals surface area (Å²) in [6.45, 7) is 10.9. The van der Waals surface area contributed by atoms with E-state index >= 15 is 0 Å². The van der Waals surface area contributed by atoms with Gasteiger partial charge in [-0.25, -0.2) is 19.0 Å². The van der Waals surface area contributed by atoms with Crippen molar-refractivity contribution in [3.8, 4) is 45.0 Å². The van der Waals surface area contributed by atoms with Crippen LogP contribution in [0.25, 0.3) is 56.1 Å². The summed E-state index contributed by atoms with van der Waals surface area (Å²) in [5.41, 5.74) is 8.54. The van der Waals surface area contributed by atoms with Crippen LogP contribution in [0.1, 0.15) is 66.0 Å². The Morgan fingerprint density at radius 3 is 1.38 bits per heavy atom.